The third kappa shape index (κ3) is 2.68. The highest BCUT2D eigenvalue weighted by molar-refractivity contribution is 5.79. The van der Waals surface area contributed by atoms with E-state index in [0.29, 0.717) is 6.61 Å². The molecule has 6 heteroatoms. The largest absolute Gasteiger partial charge is 0.456 e. The molecule has 1 N–H and O–H groups in total. The van der Waals surface area contributed by atoms with Crippen LogP contribution in [0.2, 0.25) is 0 Å². The Kier molecular flexibility index (Phi) is 3.39. The van der Waals surface area contributed by atoms with Crippen LogP contribution in [0.25, 0.3) is 0 Å². The Bertz CT molecular complexity index is 267. The van der Waals surface area contributed by atoms with E-state index in [9.17, 15) is 13.6 Å². The summed E-state index contributed by atoms with van der Waals surface area (Å²) in [4.78, 5) is 10.7. The third-order valence-corrected chi connectivity index (χ3v) is 2.85. The van der Waals surface area contributed by atoms with Crippen LogP contribution in [0.1, 0.15) is 19.3 Å². The molecule has 2 aliphatic heterocycles. The van der Waals surface area contributed by atoms with Gasteiger partial charge in [-0.1, -0.05) is 0 Å². The van der Waals surface area contributed by atoms with Gasteiger partial charge in [0.25, 0.3) is 0 Å². The number of hydrogen-bond donors (Lipinski definition) is 1. The number of hydrogen-bond acceptors (Lipinski definition) is 4. The second-order valence-electron chi connectivity index (χ2n) is 4.26. The predicted molar refractivity (Wildman–Crippen MR) is 51.3 cm³/mol. The van der Waals surface area contributed by atoms with Gasteiger partial charge >= 0.3 is 11.9 Å². The molecule has 2 rings (SSSR count). The molecular formula is C10H15F2NO3. The van der Waals surface area contributed by atoms with Gasteiger partial charge in [-0.05, 0) is 12.8 Å². The van der Waals surface area contributed by atoms with Crippen molar-refractivity contribution >= 4 is 5.97 Å². The molecule has 0 aromatic heterocycles. The van der Waals surface area contributed by atoms with Crippen molar-refractivity contribution in [3.05, 3.63) is 0 Å². The highest BCUT2D eigenvalue weighted by Crippen LogP contribution is 2.30. The fourth-order valence-corrected chi connectivity index (χ4v) is 1.96. The summed E-state index contributed by atoms with van der Waals surface area (Å²) in [6.45, 7) is 1.63. The number of rotatable bonds is 3. The quantitative estimate of drug-likeness (QED) is 0.732. The molecule has 4 nitrogen and oxygen atoms in total. The summed E-state index contributed by atoms with van der Waals surface area (Å²) < 4.78 is 35.5. The Hall–Kier alpha value is -0.750. The molecule has 0 bridgehead atoms. The van der Waals surface area contributed by atoms with Gasteiger partial charge in [0, 0.05) is 19.2 Å². The monoisotopic (exact) mass is 235 g/mol. The summed E-state index contributed by atoms with van der Waals surface area (Å²) in [5.41, 5.74) is 0. The molecule has 0 aromatic rings. The number of cyclic esters (lactones) is 1. The SMILES string of the molecule is O=C1OC(CNC2CCCOC2)CC1(F)F. The molecule has 16 heavy (non-hydrogen) atoms. The van der Waals surface area contributed by atoms with Crippen molar-refractivity contribution in [2.24, 2.45) is 0 Å². The maximum Gasteiger partial charge on any atom is 0.377 e. The van der Waals surface area contributed by atoms with E-state index in [4.69, 9.17) is 4.74 Å². The summed E-state index contributed by atoms with van der Waals surface area (Å²) in [6.07, 6.45) is 0.700. The van der Waals surface area contributed by atoms with E-state index in [-0.39, 0.29) is 12.6 Å². The Balaban J connectivity index is 1.73. The number of esters is 1. The molecule has 2 aliphatic rings. The topological polar surface area (TPSA) is 47.6 Å². The summed E-state index contributed by atoms with van der Waals surface area (Å²) in [5.74, 6) is -4.71. The summed E-state index contributed by atoms with van der Waals surface area (Å²) >= 11 is 0. The van der Waals surface area contributed by atoms with Crippen molar-refractivity contribution in [3.8, 4) is 0 Å². The number of alkyl halides is 2. The summed E-state index contributed by atoms with van der Waals surface area (Å²) in [7, 11) is 0. The predicted octanol–water partition coefficient (Wildman–Crippen LogP) is 0.706. The molecule has 0 amide bonds. The van der Waals surface area contributed by atoms with E-state index in [2.05, 4.69) is 10.1 Å². The first kappa shape index (κ1) is 11.7. The molecule has 2 fully saturated rings. The van der Waals surface area contributed by atoms with E-state index >= 15 is 0 Å². The van der Waals surface area contributed by atoms with Crippen LogP contribution < -0.4 is 5.32 Å². The molecule has 2 atom stereocenters. The van der Waals surface area contributed by atoms with Crippen molar-refractivity contribution in [1.82, 2.24) is 5.32 Å². The number of carbonyl (C=O) groups excluding carboxylic acids is 1. The van der Waals surface area contributed by atoms with Crippen molar-refractivity contribution in [2.45, 2.75) is 37.3 Å². The van der Waals surface area contributed by atoms with E-state index < -0.39 is 24.4 Å². The van der Waals surface area contributed by atoms with Gasteiger partial charge in [-0.15, -0.1) is 0 Å². The molecule has 2 unspecified atom stereocenters. The molecule has 0 spiro atoms. The molecule has 0 radical (unpaired) electrons. The van der Waals surface area contributed by atoms with Crippen molar-refractivity contribution in [1.29, 1.82) is 0 Å². The van der Waals surface area contributed by atoms with Gasteiger partial charge < -0.3 is 14.8 Å². The lowest BCUT2D eigenvalue weighted by Crippen LogP contribution is -2.40. The zero-order chi connectivity index (χ0) is 11.6. The first-order valence-electron chi connectivity index (χ1n) is 5.48. The molecule has 0 aromatic carbocycles. The molecular weight excluding hydrogens is 220 g/mol. The molecule has 92 valence electrons. The Morgan fingerprint density at radius 1 is 1.50 bits per heavy atom. The van der Waals surface area contributed by atoms with Gasteiger partial charge in [0.15, 0.2) is 0 Å². The third-order valence-electron chi connectivity index (χ3n) is 2.85. The van der Waals surface area contributed by atoms with Gasteiger partial charge in [0.05, 0.1) is 13.0 Å². The Labute approximate surface area is 92.3 Å². The van der Waals surface area contributed by atoms with Gasteiger partial charge in [-0.3, -0.25) is 0 Å². The van der Waals surface area contributed by atoms with Crippen LogP contribution in [0.15, 0.2) is 0 Å². The second kappa shape index (κ2) is 4.63. The van der Waals surface area contributed by atoms with E-state index in [1.165, 1.54) is 0 Å². The van der Waals surface area contributed by atoms with Crippen molar-refractivity contribution in [3.63, 3.8) is 0 Å². The lowest BCUT2D eigenvalue weighted by atomic mass is 10.1. The van der Waals surface area contributed by atoms with Crippen LogP contribution in [0, 0.1) is 0 Å². The normalized spacial score (nSPS) is 33.8. The van der Waals surface area contributed by atoms with Crippen LogP contribution in [0.4, 0.5) is 8.78 Å². The molecule has 0 saturated carbocycles. The number of ether oxygens (including phenoxy) is 2. The van der Waals surface area contributed by atoms with Gasteiger partial charge in [0.1, 0.15) is 6.10 Å². The highest BCUT2D eigenvalue weighted by atomic mass is 19.3. The standard InChI is InChI=1S/C10H15F2NO3/c11-10(12)4-8(16-9(10)14)5-13-7-2-1-3-15-6-7/h7-8,13H,1-6H2. The summed E-state index contributed by atoms with van der Waals surface area (Å²) in [6, 6.07) is 0.182. The summed E-state index contributed by atoms with van der Waals surface area (Å²) in [5, 5.41) is 3.09. The Morgan fingerprint density at radius 2 is 2.31 bits per heavy atom. The van der Waals surface area contributed by atoms with Crippen LogP contribution in [0.5, 0.6) is 0 Å². The first-order chi connectivity index (χ1) is 7.58. The van der Waals surface area contributed by atoms with Gasteiger partial charge in [0.2, 0.25) is 0 Å². The minimum absolute atomic E-state index is 0.182. The molecule has 2 heterocycles. The number of nitrogens with one attached hydrogen (secondary N) is 1. The number of halogens is 2. The average molecular weight is 235 g/mol. The zero-order valence-electron chi connectivity index (χ0n) is 8.88. The van der Waals surface area contributed by atoms with Crippen molar-refractivity contribution < 1.29 is 23.0 Å². The minimum Gasteiger partial charge on any atom is -0.456 e. The van der Waals surface area contributed by atoms with E-state index in [1.54, 1.807) is 0 Å². The van der Waals surface area contributed by atoms with Crippen LogP contribution >= 0.6 is 0 Å². The lowest BCUT2D eigenvalue weighted by molar-refractivity contribution is -0.159. The Morgan fingerprint density at radius 3 is 2.88 bits per heavy atom. The van der Waals surface area contributed by atoms with Crippen LogP contribution in [-0.4, -0.2) is 43.8 Å². The first-order valence-corrected chi connectivity index (χ1v) is 5.48. The highest BCUT2D eigenvalue weighted by Gasteiger charge is 2.50. The fourth-order valence-electron chi connectivity index (χ4n) is 1.96. The number of carbonyl (C=O) groups is 1. The second-order valence-corrected chi connectivity index (χ2v) is 4.26. The molecule has 2 saturated heterocycles. The smallest absolute Gasteiger partial charge is 0.377 e. The maximum atomic E-state index is 12.8. The van der Waals surface area contributed by atoms with Crippen LogP contribution in [0.3, 0.4) is 0 Å². The van der Waals surface area contributed by atoms with E-state index in [0.717, 1.165) is 19.4 Å². The average Bonchev–Trinajstić information content (AvgIpc) is 2.52. The van der Waals surface area contributed by atoms with Crippen molar-refractivity contribution in [2.75, 3.05) is 19.8 Å². The van der Waals surface area contributed by atoms with Gasteiger partial charge in [-0.25, -0.2) is 4.79 Å². The van der Waals surface area contributed by atoms with E-state index in [1.807, 2.05) is 0 Å². The van der Waals surface area contributed by atoms with Gasteiger partial charge in [-0.2, -0.15) is 8.78 Å². The van der Waals surface area contributed by atoms with Crippen LogP contribution in [-0.2, 0) is 14.3 Å². The molecule has 0 aliphatic carbocycles. The maximum absolute atomic E-state index is 12.8. The minimum atomic E-state index is -3.31. The fraction of sp³-hybridized carbons (Fsp3) is 0.900. The zero-order valence-corrected chi connectivity index (χ0v) is 8.88. The lowest BCUT2D eigenvalue weighted by Gasteiger charge is -2.24.